The number of nitrogens with one attached hydrogen (secondary N) is 1. The van der Waals surface area contributed by atoms with Crippen LogP contribution in [0.3, 0.4) is 0 Å². The van der Waals surface area contributed by atoms with Gasteiger partial charge < -0.3 is 5.32 Å². The van der Waals surface area contributed by atoms with Gasteiger partial charge in [-0.05, 0) is 69.3 Å². The molecule has 0 bridgehead atoms. The van der Waals surface area contributed by atoms with Crippen LogP contribution >= 0.6 is 0 Å². The fourth-order valence-corrected chi connectivity index (χ4v) is 6.49. The van der Waals surface area contributed by atoms with Gasteiger partial charge in [0.25, 0.3) is 0 Å². The monoisotopic (exact) mass is 556 g/mol. The fourth-order valence-electron chi connectivity index (χ4n) is 6.07. The molecular weight excluding hydrogens is 530 g/mol. The summed E-state index contributed by atoms with van der Waals surface area (Å²) in [6.07, 6.45) is 15.2. The van der Waals surface area contributed by atoms with Crippen LogP contribution in [0, 0.1) is 11.6 Å². The molecule has 40 heavy (non-hydrogen) atoms. The molecule has 6 rings (SSSR count). The van der Waals surface area contributed by atoms with Crippen LogP contribution in [0.15, 0.2) is 94.9 Å². The van der Waals surface area contributed by atoms with E-state index in [-0.39, 0.29) is 17.5 Å². The average Bonchev–Trinajstić information content (AvgIpc) is 3.21. The summed E-state index contributed by atoms with van der Waals surface area (Å²) in [6.45, 7) is 2.00. The van der Waals surface area contributed by atoms with Gasteiger partial charge in [-0.1, -0.05) is 43.4 Å². The van der Waals surface area contributed by atoms with Crippen LogP contribution in [-0.4, -0.2) is 26.2 Å². The lowest BCUT2D eigenvalue weighted by molar-refractivity contribution is 0.104. The number of nitrogens with zero attached hydrogens (tertiary/aromatic N) is 1. The van der Waals surface area contributed by atoms with Crippen LogP contribution in [0.1, 0.15) is 53.1 Å². The lowest BCUT2D eigenvalue weighted by Gasteiger charge is -2.32. The van der Waals surface area contributed by atoms with Gasteiger partial charge in [0.15, 0.2) is 5.78 Å². The number of allylic oxidation sites excluding steroid dienone is 6. The highest BCUT2D eigenvalue weighted by Gasteiger charge is 2.35. The van der Waals surface area contributed by atoms with Gasteiger partial charge in [0.05, 0.1) is 11.4 Å². The van der Waals surface area contributed by atoms with Gasteiger partial charge in [-0.15, -0.1) is 0 Å². The summed E-state index contributed by atoms with van der Waals surface area (Å²) >= 11 is 0. The van der Waals surface area contributed by atoms with Crippen molar-refractivity contribution in [3.05, 3.63) is 129 Å². The molecule has 202 valence electrons. The van der Waals surface area contributed by atoms with Gasteiger partial charge in [-0.3, -0.25) is 9.79 Å². The molecule has 5 nitrogen and oxygen atoms in total. The Morgan fingerprint density at radius 1 is 1.10 bits per heavy atom. The fraction of sp³-hybridized carbons (Fsp3) is 0.188. The predicted molar refractivity (Wildman–Crippen MR) is 153 cm³/mol. The van der Waals surface area contributed by atoms with Gasteiger partial charge in [-0.2, -0.15) is 0 Å². The second kappa shape index (κ2) is 10.4. The van der Waals surface area contributed by atoms with Crippen LogP contribution in [0.25, 0.3) is 11.1 Å². The molecule has 2 atom stereocenters. The first kappa shape index (κ1) is 26.1. The van der Waals surface area contributed by atoms with Gasteiger partial charge in [-0.25, -0.2) is 17.2 Å². The molecule has 3 aliphatic carbocycles. The Morgan fingerprint density at radius 3 is 2.73 bits per heavy atom. The molecule has 1 heterocycles. The van der Waals surface area contributed by atoms with Crippen LogP contribution in [0.2, 0.25) is 0 Å². The number of carbonyl (C=O) groups excluding carboxylic acids is 1. The first-order valence-electron chi connectivity index (χ1n) is 13.1. The Morgan fingerprint density at radius 2 is 1.93 bits per heavy atom. The lowest BCUT2D eigenvalue weighted by Crippen LogP contribution is -2.34. The molecular formula is C32H26F2N2O3S. The number of rotatable bonds is 5. The number of thiol groups is 1. The van der Waals surface area contributed by atoms with Crippen LogP contribution in [0.5, 0.6) is 0 Å². The smallest absolute Gasteiger partial charge is 0.187 e. The minimum Gasteiger partial charge on any atom is -0.366 e. The molecule has 0 amide bonds. The first-order valence-corrected chi connectivity index (χ1v) is 14.5. The number of carbonyl (C=O) groups is 1. The third-order valence-electron chi connectivity index (χ3n) is 7.82. The van der Waals surface area contributed by atoms with Crippen molar-refractivity contribution in [3.8, 4) is 0 Å². The summed E-state index contributed by atoms with van der Waals surface area (Å²) in [5.74, 6) is -1.97. The maximum Gasteiger partial charge on any atom is 0.187 e. The van der Waals surface area contributed by atoms with Crippen molar-refractivity contribution < 1.29 is 22.0 Å². The maximum atomic E-state index is 15.2. The van der Waals surface area contributed by atoms with Crippen LogP contribution < -0.4 is 15.8 Å². The van der Waals surface area contributed by atoms with E-state index in [9.17, 15) is 17.6 Å². The summed E-state index contributed by atoms with van der Waals surface area (Å²) in [5.41, 5.74) is 5.46. The molecule has 0 saturated heterocycles. The van der Waals surface area contributed by atoms with Crippen LogP contribution in [0.4, 0.5) is 8.78 Å². The van der Waals surface area contributed by atoms with Crippen molar-refractivity contribution in [2.24, 2.45) is 4.99 Å². The first-order chi connectivity index (χ1) is 19.3. The Labute approximate surface area is 232 Å². The van der Waals surface area contributed by atoms with Gasteiger partial charge in [0.1, 0.15) is 22.3 Å². The molecule has 4 aliphatic rings. The average molecular weight is 557 g/mol. The topological polar surface area (TPSA) is 75.6 Å². The summed E-state index contributed by atoms with van der Waals surface area (Å²) < 4.78 is 51.7. The van der Waals surface area contributed by atoms with Crippen molar-refractivity contribution in [3.63, 3.8) is 0 Å². The molecule has 0 aromatic heterocycles. The van der Waals surface area contributed by atoms with E-state index in [0.29, 0.717) is 40.5 Å². The van der Waals surface area contributed by atoms with Gasteiger partial charge in [0.2, 0.25) is 0 Å². The number of hydrogen-bond donors (Lipinski definition) is 2. The number of halogens is 2. The standard InChI is InChI=1S/C32H26F2N2O3S/c1-18-3-4-19(11-14-40(38)39)21-7-10-25-31-24(22-6-5-20(33)15-27(22)34)9-8-23(28-17-35-12-2-13-36-28)26(31)16-29(37)32(25)30(18)21/h2-8,10,12-13,15-18,24,35,40H,9,11,14H2,1H3. The second-order valence-electron chi connectivity index (χ2n) is 10.2. The molecule has 2 unspecified atom stereocenters. The SMILES string of the molecule is CC1C=CC(CC[SH](=O)=O)=c2ccc3c(c21)C(=O)C=C1C(C2=CNC=CC=N2)=CCC(c2ccc(F)cc2F)C=31. The molecule has 0 saturated carbocycles. The minimum atomic E-state index is -2.54. The van der Waals surface area contributed by atoms with Crippen LogP contribution in [-0.2, 0) is 10.7 Å². The zero-order valence-corrected chi connectivity index (χ0v) is 22.6. The largest absolute Gasteiger partial charge is 0.366 e. The molecule has 1 aliphatic heterocycles. The third kappa shape index (κ3) is 4.52. The lowest BCUT2D eigenvalue weighted by atomic mass is 9.71. The highest BCUT2D eigenvalue weighted by atomic mass is 32.2. The third-order valence-corrected chi connectivity index (χ3v) is 8.41. The second-order valence-corrected chi connectivity index (χ2v) is 11.3. The van der Waals surface area contributed by atoms with E-state index in [1.807, 2.05) is 37.3 Å². The molecule has 0 spiro atoms. The van der Waals surface area contributed by atoms with Crippen molar-refractivity contribution in [2.75, 3.05) is 5.75 Å². The summed E-state index contributed by atoms with van der Waals surface area (Å²) in [6, 6.07) is 7.45. The van der Waals surface area contributed by atoms with Crippen molar-refractivity contribution >= 4 is 33.8 Å². The molecule has 8 heteroatoms. The molecule has 1 N–H and O–H groups in total. The summed E-state index contributed by atoms with van der Waals surface area (Å²) in [5, 5.41) is 4.63. The summed E-state index contributed by atoms with van der Waals surface area (Å²) in [4.78, 5) is 18.5. The predicted octanol–water partition coefficient (Wildman–Crippen LogP) is 4.21. The molecule has 0 fully saturated rings. The highest BCUT2D eigenvalue weighted by molar-refractivity contribution is 7.72. The van der Waals surface area contributed by atoms with Crippen molar-refractivity contribution in [2.45, 2.75) is 31.6 Å². The number of aliphatic imine (C=N–C) groups is 1. The van der Waals surface area contributed by atoms with E-state index in [0.717, 1.165) is 33.6 Å². The van der Waals surface area contributed by atoms with E-state index in [4.69, 9.17) is 0 Å². The molecule has 2 aromatic rings. The van der Waals surface area contributed by atoms with E-state index in [1.54, 1.807) is 30.8 Å². The minimum absolute atomic E-state index is 0.0217. The Balaban J connectivity index is 1.65. The maximum absolute atomic E-state index is 15.2. The van der Waals surface area contributed by atoms with Crippen molar-refractivity contribution in [1.29, 1.82) is 0 Å². The zero-order chi connectivity index (χ0) is 28.0. The number of ketones is 1. The Hall–Kier alpha value is -4.17. The number of benzene rings is 2. The number of fused-ring (bicyclic) bond motifs is 4. The van der Waals surface area contributed by atoms with Gasteiger partial charge in [0, 0.05) is 47.7 Å². The van der Waals surface area contributed by atoms with Crippen molar-refractivity contribution in [1.82, 2.24) is 5.32 Å². The van der Waals surface area contributed by atoms with E-state index < -0.39 is 28.3 Å². The van der Waals surface area contributed by atoms with E-state index >= 15 is 4.39 Å². The molecule has 0 radical (unpaired) electrons. The van der Waals surface area contributed by atoms with Gasteiger partial charge >= 0.3 is 0 Å². The molecule has 2 aromatic carbocycles. The summed E-state index contributed by atoms with van der Waals surface area (Å²) in [7, 11) is -2.54. The quantitative estimate of drug-likeness (QED) is 0.542. The van der Waals surface area contributed by atoms with E-state index in [2.05, 4.69) is 10.3 Å². The van der Waals surface area contributed by atoms with E-state index in [1.165, 1.54) is 12.1 Å². The highest BCUT2D eigenvalue weighted by Crippen LogP contribution is 2.45. The Bertz CT molecular complexity index is 1850. The zero-order valence-electron chi connectivity index (χ0n) is 21.7. The Kier molecular flexibility index (Phi) is 6.80. The number of hydrogen-bond acceptors (Lipinski definition) is 5. The normalized spacial score (nSPS) is 21.2.